The minimum absolute atomic E-state index is 0.485. The summed E-state index contributed by atoms with van der Waals surface area (Å²) in [6.45, 7) is 4.23. The molecule has 0 aliphatic heterocycles. The van der Waals surface area contributed by atoms with Crippen LogP contribution >= 0.6 is 18.0 Å². The van der Waals surface area contributed by atoms with Crippen LogP contribution in [0.5, 0.6) is 0 Å². The molecule has 5 heteroatoms. The molecule has 2 atom stereocenters. The summed E-state index contributed by atoms with van der Waals surface area (Å²) in [6, 6.07) is 0. The van der Waals surface area contributed by atoms with E-state index in [2.05, 4.69) is 13.2 Å². The lowest BCUT2D eigenvalue weighted by Gasteiger charge is -2.11. The van der Waals surface area contributed by atoms with Crippen molar-refractivity contribution in [3.63, 3.8) is 0 Å². The second-order valence-corrected chi connectivity index (χ2v) is 11.0. The molecular formula is C9H22O2PS2+. The molecule has 0 heterocycles. The summed E-state index contributed by atoms with van der Waals surface area (Å²) >= 11 is 1.50. The first-order valence-corrected chi connectivity index (χ1v) is 10.6. The van der Waals surface area contributed by atoms with Crippen LogP contribution in [-0.2, 0) is 20.0 Å². The summed E-state index contributed by atoms with van der Waals surface area (Å²) in [5, 5.41) is 0. The Morgan fingerprint density at radius 2 is 2.07 bits per heavy atom. The van der Waals surface area contributed by atoms with E-state index in [1.165, 1.54) is 17.1 Å². The normalized spacial score (nSPS) is 17.7. The van der Waals surface area contributed by atoms with Crippen molar-refractivity contribution in [2.45, 2.75) is 20.3 Å². The van der Waals surface area contributed by atoms with Crippen molar-refractivity contribution in [3.8, 4) is 0 Å². The second kappa shape index (κ2) is 8.09. The molecule has 0 saturated heterocycles. The van der Waals surface area contributed by atoms with Gasteiger partial charge in [0.25, 0.3) is 6.57 Å². The van der Waals surface area contributed by atoms with Crippen LogP contribution in [0.25, 0.3) is 0 Å². The van der Waals surface area contributed by atoms with Crippen LogP contribution in [0, 0.1) is 0 Å². The molecule has 0 spiro atoms. The standard InChI is InChI=1S/C9H22O2PS2/c1-5-7-11-12(3,10)13-8-9-14(4)6-2/h5-9H2,1-4H3/q+1. The fourth-order valence-electron chi connectivity index (χ4n) is 0.784. The third-order valence-electron chi connectivity index (χ3n) is 1.78. The van der Waals surface area contributed by atoms with Crippen LogP contribution in [0.4, 0.5) is 0 Å². The maximum atomic E-state index is 11.8. The molecule has 0 N–H and O–H groups in total. The minimum Gasteiger partial charge on any atom is -0.321 e. The van der Waals surface area contributed by atoms with E-state index < -0.39 is 6.57 Å². The van der Waals surface area contributed by atoms with E-state index in [0.717, 1.165) is 17.9 Å². The Labute approximate surface area is 95.1 Å². The maximum absolute atomic E-state index is 11.8. The number of hydrogen-bond acceptors (Lipinski definition) is 3. The van der Waals surface area contributed by atoms with Crippen LogP contribution in [0.2, 0.25) is 0 Å². The highest BCUT2D eigenvalue weighted by atomic mass is 32.7. The van der Waals surface area contributed by atoms with E-state index in [9.17, 15) is 4.57 Å². The van der Waals surface area contributed by atoms with Gasteiger partial charge < -0.3 is 4.52 Å². The lowest BCUT2D eigenvalue weighted by Crippen LogP contribution is -2.09. The highest BCUT2D eigenvalue weighted by molar-refractivity contribution is 8.56. The zero-order valence-electron chi connectivity index (χ0n) is 9.62. The predicted octanol–water partition coefficient (Wildman–Crippen LogP) is 3.24. The summed E-state index contributed by atoms with van der Waals surface area (Å²) in [4.78, 5) is 0. The van der Waals surface area contributed by atoms with Crippen LogP contribution in [0.15, 0.2) is 0 Å². The Kier molecular flexibility index (Phi) is 8.60. The van der Waals surface area contributed by atoms with Crippen molar-refractivity contribution in [1.29, 1.82) is 0 Å². The van der Waals surface area contributed by atoms with Crippen molar-refractivity contribution in [2.24, 2.45) is 0 Å². The molecule has 0 aliphatic rings. The van der Waals surface area contributed by atoms with E-state index in [-0.39, 0.29) is 0 Å². The monoisotopic (exact) mass is 257 g/mol. The average molecular weight is 257 g/mol. The van der Waals surface area contributed by atoms with Gasteiger partial charge >= 0.3 is 0 Å². The van der Waals surface area contributed by atoms with Gasteiger partial charge in [-0.05, 0) is 24.2 Å². The van der Waals surface area contributed by atoms with E-state index in [0.29, 0.717) is 17.5 Å². The van der Waals surface area contributed by atoms with E-state index in [1.807, 2.05) is 6.92 Å². The third-order valence-corrected chi connectivity index (χ3v) is 7.70. The van der Waals surface area contributed by atoms with E-state index in [1.54, 1.807) is 6.66 Å². The fourth-order valence-corrected chi connectivity index (χ4v) is 5.54. The molecule has 0 bridgehead atoms. The Bertz CT molecular complexity index is 188. The van der Waals surface area contributed by atoms with Gasteiger partial charge in [-0.15, -0.1) is 0 Å². The first-order valence-electron chi connectivity index (χ1n) is 4.97. The van der Waals surface area contributed by atoms with Gasteiger partial charge in [-0.2, -0.15) is 0 Å². The smallest absolute Gasteiger partial charge is 0.254 e. The van der Waals surface area contributed by atoms with E-state index >= 15 is 0 Å². The summed E-state index contributed by atoms with van der Waals surface area (Å²) in [7, 11) is 0.485. The van der Waals surface area contributed by atoms with E-state index in [4.69, 9.17) is 4.52 Å². The molecule has 2 nitrogen and oxygen atoms in total. The largest absolute Gasteiger partial charge is 0.321 e. The summed E-state index contributed by atoms with van der Waals surface area (Å²) in [6.07, 6.45) is 3.19. The van der Waals surface area contributed by atoms with Crippen molar-refractivity contribution >= 4 is 28.8 Å². The molecule has 2 unspecified atom stereocenters. The molecule has 0 aromatic heterocycles. The van der Waals surface area contributed by atoms with Crippen LogP contribution in [-0.4, -0.2) is 36.8 Å². The Balaban J connectivity index is 3.60. The lowest BCUT2D eigenvalue weighted by atomic mass is 10.5. The topological polar surface area (TPSA) is 26.3 Å². The summed E-state index contributed by atoms with van der Waals surface area (Å²) < 4.78 is 17.1. The quantitative estimate of drug-likeness (QED) is 0.493. The minimum atomic E-state index is -2.35. The summed E-state index contributed by atoms with van der Waals surface area (Å²) in [5.74, 6) is 3.35. The van der Waals surface area contributed by atoms with Gasteiger partial charge in [-0.3, -0.25) is 4.57 Å². The molecular weight excluding hydrogens is 235 g/mol. The van der Waals surface area contributed by atoms with Gasteiger partial charge in [-0.1, -0.05) is 18.3 Å². The second-order valence-electron chi connectivity index (χ2n) is 3.21. The first-order chi connectivity index (χ1) is 6.52. The Morgan fingerprint density at radius 3 is 2.57 bits per heavy atom. The van der Waals surface area contributed by atoms with Crippen molar-refractivity contribution < 1.29 is 9.09 Å². The molecule has 14 heavy (non-hydrogen) atoms. The first kappa shape index (κ1) is 14.9. The zero-order valence-corrected chi connectivity index (χ0v) is 12.1. The summed E-state index contributed by atoms with van der Waals surface area (Å²) in [5.41, 5.74) is 0. The molecule has 0 aromatic rings. The number of hydrogen-bond donors (Lipinski definition) is 0. The van der Waals surface area contributed by atoms with Gasteiger partial charge in [0.1, 0.15) is 11.5 Å². The van der Waals surface area contributed by atoms with Gasteiger partial charge in [0.15, 0.2) is 0 Å². The average Bonchev–Trinajstić information content (AvgIpc) is 2.14. The lowest BCUT2D eigenvalue weighted by molar-refractivity contribution is 0.328. The Hall–Kier alpha value is 0.890. The molecule has 0 radical (unpaired) electrons. The molecule has 0 fully saturated rings. The van der Waals surface area contributed by atoms with Gasteiger partial charge in [0.05, 0.1) is 12.9 Å². The Morgan fingerprint density at radius 1 is 1.43 bits per heavy atom. The maximum Gasteiger partial charge on any atom is 0.254 e. The molecule has 0 amide bonds. The molecule has 0 aliphatic carbocycles. The highest BCUT2D eigenvalue weighted by Gasteiger charge is 2.18. The van der Waals surface area contributed by atoms with Crippen LogP contribution < -0.4 is 0 Å². The molecule has 86 valence electrons. The molecule has 0 aromatic carbocycles. The molecule has 0 saturated carbocycles. The van der Waals surface area contributed by atoms with Gasteiger partial charge in [-0.25, -0.2) is 0 Å². The highest BCUT2D eigenvalue weighted by Crippen LogP contribution is 2.56. The van der Waals surface area contributed by atoms with Crippen LogP contribution in [0.1, 0.15) is 20.3 Å². The predicted molar refractivity (Wildman–Crippen MR) is 70.9 cm³/mol. The van der Waals surface area contributed by atoms with Crippen molar-refractivity contribution in [3.05, 3.63) is 0 Å². The third kappa shape index (κ3) is 8.22. The van der Waals surface area contributed by atoms with Crippen molar-refractivity contribution in [1.82, 2.24) is 0 Å². The van der Waals surface area contributed by atoms with Gasteiger partial charge in [0, 0.05) is 12.4 Å². The zero-order chi connectivity index (χ0) is 11.0. The fraction of sp³-hybridized carbons (Fsp3) is 1.00. The SMILES string of the molecule is CCCOP(C)(=O)SCC[S+](C)CC. The van der Waals surface area contributed by atoms with Crippen molar-refractivity contribution in [2.75, 3.05) is 36.8 Å². The molecule has 0 rings (SSSR count). The van der Waals surface area contributed by atoms with Crippen LogP contribution in [0.3, 0.4) is 0 Å². The number of rotatable bonds is 8. The van der Waals surface area contributed by atoms with Gasteiger partial charge in [0.2, 0.25) is 0 Å².